The Kier molecular flexibility index (Phi) is 32.8. The standard InChI is InChI=1S/C14H25NO4S.C13H23NO4S.C2H6/c1-3-4-8-12(14(18)19-2)15-13(17)10-11(16)7-5-6-9-20;1-2-3-7-11(13(17)18)14-12(16)9-10(15)6-4-5-8-19;1-2/h5,7,11-12,16,20H,3-4,6,8-10H2,1-2H3,(H,15,17);4,6,10-11,15,19H,2-3,5,7-9H2,1H3,(H,14,16)(H,17,18);1-2H3/b7-5+;6-4+;/t11?,12-;10?,11-;/m00./s1. The minimum Gasteiger partial charge on any atom is -0.480 e. The van der Waals surface area contributed by atoms with E-state index < -0.39 is 42.1 Å². The molecule has 0 aromatic heterocycles. The lowest BCUT2D eigenvalue weighted by molar-refractivity contribution is -0.145. The number of thiol groups is 2. The Bertz CT molecular complexity index is 750. The van der Waals surface area contributed by atoms with Crippen molar-refractivity contribution < 1.29 is 39.2 Å². The molecule has 4 atom stereocenters. The van der Waals surface area contributed by atoms with E-state index in [0.717, 1.165) is 38.5 Å². The summed E-state index contributed by atoms with van der Waals surface area (Å²) >= 11 is 8.06. The van der Waals surface area contributed by atoms with Crippen molar-refractivity contribution in [2.75, 3.05) is 18.6 Å². The quantitative estimate of drug-likeness (QED) is 0.0612. The van der Waals surface area contributed by atoms with E-state index in [1.54, 1.807) is 18.2 Å². The zero-order valence-corrected chi connectivity index (χ0v) is 27.2. The van der Waals surface area contributed by atoms with E-state index in [2.05, 4.69) is 40.6 Å². The number of carboxylic acid groups (broad SMARTS) is 1. The summed E-state index contributed by atoms with van der Waals surface area (Å²) in [5.41, 5.74) is 0. The van der Waals surface area contributed by atoms with Crippen LogP contribution >= 0.6 is 25.3 Å². The molecule has 0 bridgehead atoms. The van der Waals surface area contributed by atoms with Crippen molar-refractivity contribution in [1.82, 2.24) is 10.6 Å². The fraction of sp³-hybridized carbons (Fsp3) is 0.724. The summed E-state index contributed by atoms with van der Waals surface area (Å²) in [4.78, 5) is 45.8. The van der Waals surface area contributed by atoms with Gasteiger partial charge in [0.25, 0.3) is 0 Å². The number of allylic oxidation sites excluding steroid dienone is 2. The number of ether oxygens (including phenoxy) is 1. The Balaban J connectivity index is -0.000000664. The fourth-order valence-corrected chi connectivity index (χ4v) is 3.44. The lowest BCUT2D eigenvalue weighted by atomic mass is 10.1. The molecule has 0 aromatic rings. The molecule has 0 heterocycles. The van der Waals surface area contributed by atoms with Crippen LogP contribution in [0.4, 0.5) is 0 Å². The highest BCUT2D eigenvalue weighted by Crippen LogP contribution is 2.05. The topological polar surface area (TPSA) is 162 Å². The van der Waals surface area contributed by atoms with Crippen LogP contribution in [0.25, 0.3) is 0 Å². The van der Waals surface area contributed by atoms with Gasteiger partial charge in [0.1, 0.15) is 12.1 Å². The third-order valence-electron chi connectivity index (χ3n) is 5.24. The van der Waals surface area contributed by atoms with E-state index in [0.29, 0.717) is 24.3 Å². The molecule has 2 unspecified atom stereocenters. The Morgan fingerprint density at radius 2 is 1.17 bits per heavy atom. The van der Waals surface area contributed by atoms with Gasteiger partial charge in [0.15, 0.2) is 0 Å². The average molecular weight is 623 g/mol. The zero-order valence-electron chi connectivity index (χ0n) is 25.4. The first-order valence-corrected chi connectivity index (χ1v) is 15.6. The molecule has 0 aliphatic heterocycles. The molecule has 0 saturated carbocycles. The molecule has 0 rings (SSSR count). The predicted molar refractivity (Wildman–Crippen MR) is 170 cm³/mol. The van der Waals surface area contributed by atoms with Gasteiger partial charge in [-0.15, -0.1) is 0 Å². The molecular formula is C29H54N2O8S2. The van der Waals surface area contributed by atoms with Crippen LogP contribution in [0, 0.1) is 0 Å². The smallest absolute Gasteiger partial charge is 0.328 e. The molecule has 0 fully saturated rings. The number of aliphatic hydroxyl groups excluding tert-OH is 2. The van der Waals surface area contributed by atoms with E-state index in [4.69, 9.17) is 5.11 Å². The molecule has 0 aliphatic carbocycles. The minimum atomic E-state index is -1.04. The average Bonchev–Trinajstić information content (AvgIpc) is 2.94. The third kappa shape index (κ3) is 27.9. The molecular weight excluding hydrogens is 568 g/mol. The van der Waals surface area contributed by atoms with E-state index in [1.165, 1.54) is 13.2 Å². The summed E-state index contributed by atoms with van der Waals surface area (Å²) in [6.45, 7) is 7.96. The molecule has 0 spiro atoms. The van der Waals surface area contributed by atoms with E-state index >= 15 is 0 Å². The zero-order chi connectivity index (χ0) is 32.1. The number of aliphatic hydroxyl groups is 2. The number of esters is 1. The van der Waals surface area contributed by atoms with Crippen molar-refractivity contribution in [3.05, 3.63) is 24.3 Å². The van der Waals surface area contributed by atoms with Gasteiger partial charge >= 0.3 is 11.9 Å². The van der Waals surface area contributed by atoms with E-state index in [1.807, 2.05) is 27.7 Å². The van der Waals surface area contributed by atoms with Gasteiger partial charge < -0.3 is 30.7 Å². The maximum atomic E-state index is 11.8. The lowest BCUT2D eigenvalue weighted by Crippen LogP contribution is -2.42. The summed E-state index contributed by atoms with van der Waals surface area (Å²) in [5.74, 6) is -0.940. The molecule has 0 aromatic carbocycles. The van der Waals surface area contributed by atoms with E-state index in [-0.39, 0.29) is 18.7 Å². The van der Waals surface area contributed by atoms with Crippen molar-refractivity contribution in [3.8, 4) is 0 Å². The molecule has 0 saturated heterocycles. The number of hydrogen-bond donors (Lipinski definition) is 7. The van der Waals surface area contributed by atoms with Gasteiger partial charge in [-0.3, -0.25) is 9.59 Å². The number of unbranched alkanes of at least 4 members (excludes halogenated alkanes) is 2. The van der Waals surface area contributed by atoms with Crippen molar-refractivity contribution >= 4 is 49.0 Å². The second-order valence-electron chi connectivity index (χ2n) is 8.81. The van der Waals surface area contributed by atoms with Crippen LogP contribution in [0.2, 0.25) is 0 Å². The number of amides is 2. The summed E-state index contributed by atoms with van der Waals surface area (Å²) < 4.78 is 4.66. The van der Waals surface area contributed by atoms with Crippen molar-refractivity contribution in [3.63, 3.8) is 0 Å². The highest BCUT2D eigenvalue weighted by Gasteiger charge is 2.22. The number of methoxy groups -OCH3 is 1. The molecule has 2 amide bonds. The van der Waals surface area contributed by atoms with Crippen LogP contribution < -0.4 is 10.6 Å². The number of rotatable bonds is 20. The number of aliphatic carboxylic acids is 1. The van der Waals surface area contributed by atoms with Crippen LogP contribution in [0.5, 0.6) is 0 Å². The lowest BCUT2D eigenvalue weighted by Gasteiger charge is -2.16. The van der Waals surface area contributed by atoms with Gasteiger partial charge in [-0.1, -0.05) is 77.7 Å². The van der Waals surface area contributed by atoms with Crippen LogP contribution in [-0.4, -0.2) is 82.0 Å². The van der Waals surface area contributed by atoms with Gasteiger partial charge in [-0.2, -0.15) is 25.3 Å². The van der Waals surface area contributed by atoms with E-state index in [9.17, 15) is 29.4 Å². The minimum absolute atomic E-state index is 0.0668. The van der Waals surface area contributed by atoms with Crippen molar-refractivity contribution in [1.29, 1.82) is 0 Å². The summed E-state index contributed by atoms with van der Waals surface area (Å²) in [7, 11) is 1.29. The fourth-order valence-electron chi connectivity index (χ4n) is 3.14. The highest BCUT2D eigenvalue weighted by molar-refractivity contribution is 7.80. The number of nitrogens with one attached hydrogen (secondary N) is 2. The summed E-state index contributed by atoms with van der Waals surface area (Å²) in [5, 5.41) is 33.2. The maximum Gasteiger partial charge on any atom is 0.328 e. The van der Waals surface area contributed by atoms with Crippen molar-refractivity contribution in [2.45, 2.75) is 116 Å². The maximum absolute atomic E-state index is 11.8. The third-order valence-corrected chi connectivity index (χ3v) is 5.76. The summed E-state index contributed by atoms with van der Waals surface area (Å²) in [6, 6.07) is -1.51. The Labute approximate surface area is 257 Å². The second-order valence-corrected chi connectivity index (χ2v) is 9.70. The van der Waals surface area contributed by atoms with Crippen LogP contribution in [-0.2, 0) is 23.9 Å². The molecule has 0 radical (unpaired) electrons. The molecule has 0 aliphatic rings. The SMILES string of the molecule is CC.CCCC[C@H](NC(=O)CC(O)/C=C/CCS)C(=O)O.CCCC[C@H](NC(=O)CC(O)/C=C/CCS)C(=O)OC. The second kappa shape index (κ2) is 30.9. The van der Waals surface area contributed by atoms with Gasteiger partial charge in [0.05, 0.1) is 32.2 Å². The number of carbonyl (C=O) groups excluding carboxylic acids is 3. The number of hydrogen-bond acceptors (Lipinski definition) is 9. The number of carboxylic acids is 1. The predicted octanol–water partition coefficient (Wildman–Crippen LogP) is 3.86. The molecule has 10 nitrogen and oxygen atoms in total. The van der Waals surface area contributed by atoms with Crippen LogP contribution in [0.1, 0.15) is 91.9 Å². The molecule has 5 N–H and O–H groups in total. The molecule has 41 heavy (non-hydrogen) atoms. The molecule has 240 valence electrons. The first-order valence-electron chi connectivity index (χ1n) is 14.4. The van der Waals surface area contributed by atoms with Crippen molar-refractivity contribution in [2.24, 2.45) is 0 Å². The first-order chi connectivity index (χ1) is 19.6. The van der Waals surface area contributed by atoms with Gasteiger partial charge in [0.2, 0.25) is 11.8 Å². The van der Waals surface area contributed by atoms with Crippen LogP contribution in [0.3, 0.4) is 0 Å². The van der Waals surface area contributed by atoms with Gasteiger partial charge in [-0.25, -0.2) is 9.59 Å². The highest BCUT2D eigenvalue weighted by atomic mass is 32.1. The molecule has 12 heteroatoms. The van der Waals surface area contributed by atoms with Crippen LogP contribution in [0.15, 0.2) is 24.3 Å². The Morgan fingerprint density at radius 1 is 0.780 bits per heavy atom. The Morgan fingerprint density at radius 3 is 1.51 bits per heavy atom. The van der Waals surface area contributed by atoms with Gasteiger partial charge in [-0.05, 0) is 37.2 Å². The largest absolute Gasteiger partial charge is 0.480 e. The first kappa shape index (κ1) is 43.4. The Hall–Kier alpha value is -2.02. The monoisotopic (exact) mass is 622 g/mol. The normalized spacial score (nSPS) is 13.6. The summed E-state index contributed by atoms with van der Waals surface area (Å²) in [6.07, 6.45) is 10.5. The van der Waals surface area contributed by atoms with Gasteiger partial charge in [0, 0.05) is 0 Å². The number of carbonyl (C=O) groups is 4.